The lowest BCUT2D eigenvalue weighted by Crippen LogP contribution is -2.42. The van der Waals surface area contributed by atoms with Gasteiger partial charge in [0.25, 0.3) is 0 Å². The Morgan fingerprint density at radius 3 is 2.43 bits per heavy atom. The van der Waals surface area contributed by atoms with E-state index in [9.17, 15) is 18.0 Å². The Balaban J connectivity index is 1.53. The molecular formula is C24H27F3O7S. The SMILES string of the molecule is COC(=O)COC(COc1ccc(C(F)(F)F)cc1)CSc1ccc(OCC2OC(C)O2)c(C)c1. The van der Waals surface area contributed by atoms with Gasteiger partial charge in [0.1, 0.15) is 37.4 Å². The number of aryl methyl sites for hydroxylation is 1. The molecule has 0 N–H and O–H groups in total. The topological polar surface area (TPSA) is 72.5 Å². The molecule has 1 saturated heterocycles. The van der Waals surface area contributed by atoms with Crippen molar-refractivity contribution in [2.24, 2.45) is 0 Å². The van der Waals surface area contributed by atoms with Crippen LogP contribution in [0.15, 0.2) is 47.4 Å². The van der Waals surface area contributed by atoms with Crippen molar-refractivity contribution in [3.63, 3.8) is 0 Å². The number of hydrogen-bond acceptors (Lipinski definition) is 8. The van der Waals surface area contributed by atoms with Gasteiger partial charge in [0.05, 0.1) is 12.7 Å². The molecule has 0 bridgehead atoms. The van der Waals surface area contributed by atoms with Crippen molar-refractivity contribution in [3.8, 4) is 11.5 Å². The molecule has 11 heteroatoms. The van der Waals surface area contributed by atoms with Gasteiger partial charge in [-0.05, 0) is 61.9 Å². The predicted octanol–water partition coefficient (Wildman–Crippen LogP) is 4.84. The minimum atomic E-state index is -4.42. The lowest BCUT2D eigenvalue weighted by molar-refractivity contribution is -0.380. The van der Waals surface area contributed by atoms with E-state index < -0.39 is 23.8 Å². The normalized spacial score (nSPS) is 18.5. The van der Waals surface area contributed by atoms with Gasteiger partial charge in [-0.2, -0.15) is 13.2 Å². The van der Waals surface area contributed by atoms with E-state index >= 15 is 0 Å². The summed E-state index contributed by atoms with van der Waals surface area (Å²) in [5.74, 6) is 0.866. The van der Waals surface area contributed by atoms with E-state index in [-0.39, 0.29) is 31.5 Å². The zero-order valence-corrected chi connectivity index (χ0v) is 20.3. The maximum absolute atomic E-state index is 12.7. The molecule has 1 aliphatic heterocycles. The molecule has 3 rings (SSSR count). The fourth-order valence-corrected chi connectivity index (χ4v) is 4.05. The number of carbonyl (C=O) groups is 1. The molecule has 0 radical (unpaired) electrons. The van der Waals surface area contributed by atoms with Gasteiger partial charge in [0, 0.05) is 10.6 Å². The number of ether oxygens (including phenoxy) is 6. The highest BCUT2D eigenvalue weighted by molar-refractivity contribution is 7.99. The van der Waals surface area contributed by atoms with E-state index in [0.29, 0.717) is 18.1 Å². The van der Waals surface area contributed by atoms with Crippen molar-refractivity contribution in [1.29, 1.82) is 0 Å². The van der Waals surface area contributed by atoms with Crippen LogP contribution >= 0.6 is 11.8 Å². The zero-order chi connectivity index (χ0) is 25.4. The Morgan fingerprint density at radius 2 is 1.83 bits per heavy atom. The Bertz CT molecular complexity index is 963. The second-order valence-electron chi connectivity index (χ2n) is 7.66. The van der Waals surface area contributed by atoms with Crippen molar-refractivity contribution in [2.75, 3.05) is 32.7 Å². The number of halogens is 3. The maximum atomic E-state index is 12.7. The third-order valence-electron chi connectivity index (χ3n) is 4.93. The van der Waals surface area contributed by atoms with Gasteiger partial charge in [0.15, 0.2) is 12.6 Å². The van der Waals surface area contributed by atoms with Crippen LogP contribution in [0.5, 0.6) is 11.5 Å². The molecule has 2 aromatic rings. The first kappa shape index (κ1) is 27.1. The molecule has 35 heavy (non-hydrogen) atoms. The number of alkyl halides is 3. The molecule has 1 aliphatic rings. The molecule has 1 atom stereocenters. The van der Waals surface area contributed by atoms with Crippen molar-refractivity contribution in [2.45, 2.75) is 43.6 Å². The molecular weight excluding hydrogens is 489 g/mol. The third kappa shape index (κ3) is 8.60. The highest BCUT2D eigenvalue weighted by atomic mass is 32.2. The van der Waals surface area contributed by atoms with Gasteiger partial charge in [0.2, 0.25) is 0 Å². The van der Waals surface area contributed by atoms with Crippen LogP contribution in [0.2, 0.25) is 0 Å². The van der Waals surface area contributed by atoms with E-state index in [1.54, 1.807) is 0 Å². The van der Waals surface area contributed by atoms with E-state index in [4.69, 9.17) is 23.7 Å². The van der Waals surface area contributed by atoms with E-state index in [0.717, 1.165) is 22.6 Å². The van der Waals surface area contributed by atoms with Crippen LogP contribution in [-0.4, -0.2) is 57.3 Å². The number of esters is 1. The third-order valence-corrected chi connectivity index (χ3v) is 6.05. The number of rotatable bonds is 12. The zero-order valence-electron chi connectivity index (χ0n) is 19.5. The average Bonchev–Trinajstić information content (AvgIpc) is 2.81. The lowest BCUT2D eigenvalue weighted by atomic mass is 10.2. The van der Waals surface area contributed by atoms with Crippen LogP contribution in [0.25, 0.3) is 0 Å². The fourth-order valence-electron chi connectivity index (χ4n) is 3.06. The number of carbonyl (C=O) groups excluding carboxylic acids is 1. The lowest BCUT2D eigenvalue weighted by Gasteiger charge is -2.33. The summed E-state index contributed by atoms with van der Waals surface area (Å²) in [6.07, 6.45) is -5.51. The minimum absolute atomic E-state index is 0.0371. The van der Waals surface area contributed by atoms with E-state index in [2.05, 4.69) is 4.74 Å². The summed E-state index contributed by atoms with van der Waals surface area (Å²) < 4.78 is 70.5. The molecule has 0 aliphatic carbocycles. The molecule has 0 amide bonds. The van der Waals surface area contributed by atoms with E-state index in [1.165, 1.54) is 31.0 Å². The molecule has 2 aromatic carbocycles. The van der Waals surface area contributed by atoms with E-state index in [1.807, 2.05) is 32.0 Å². The predicted molar refractivity (Wildman–Crippen MR) is 122 cm³/mol. The Morgan fingerprint density at radius 1 is 1.11 bits per heavy atom. The fraction of sp³-hybridized carbons (Fsp3) is 0.458. The summed E-state index contributed by atoms with van der Waals surface area (Å²) >= 11 is 1.48. The molecule has 0 aromatic heterocycles. The van der Waals surface area contributed by atoms with Gasteiger partial charge in [-0.25, -0.2) is 4.79 Å². The summed E-state index contributed by atoms with van der Waals surface area (Å²) in [5, 5.41) is 0. The monoisotopic (exact) mass is 516 g/mol. The minimum Gasteiger partial charge on any atom is -0.491 e. The first-order valence-electron chi connectivity index (χ1n) is 10.8. The Labute approximate surface area is 205 Å². The summed E-state index contributed by atoms with van der Waals surface area (Å²) in [6, 6.07) is 10.1. The van der Waals surface area contributed by atoms with Gasteiger partial charge in [-0.3, -0.25) is 0 Å². The van der Waals surface area contributed by atoms with Crippen LogP contribution < -0.4 is 9.47 Å². The van der Waals surface area contributed by atoms with Gasteiger partial charge >= 0.3 is 12.1 Å². The molecule has 7 nitrogen and oxygen atoms in total. The van der Waals surface area contributed by atoms with Crippen LogP contribution in [0.4, 0.5) is 13.2 Å². The van der Waals surface area contributed by atoms with Crippen LogP contribution in [0, 0.1) is 6.92 Å². The number of benzene rings is 2. The number of thioether (sulfide) groups is 1. The second kappa shape index (κ2) is 12.5. The first-order valence-corrected chi connectivity index (χ1v) is 11.8. The van der Waals surface area contributed by atoms with Crippen LogP contribution in [0.3, 0.4) is 0 Å². The van der Waals surface area contributed by atoms with Gasteiger partial charge in [-0.15, -0.1) is 11.8 Å². The number of methoxy groups -OCH3 is 1. The first-order chi connectivity index (χ1) is 16.6. The molecule has 1 heterocycles. The average molecular weight is 517 g/mol. The van der Waals surface area contributed by atoms with Gasteiger partial charge < -0.3 is 28.4 Å². The van der Waals surface area contributed by atoms with Crippen molar-refractivity contribution < 1.29 is 46.4 Å². The maximum Gasteiger partial charge on any atom is 0.416 e. The molecule has 0 saturated carbocycles. The molecule has 1 fully saturated rings. The second-order valence-corrected chi connectivity index (χ2v) is 8.75. The highest BCUT2D eigenvalue weighted by Gasteiger charge is 2.30. The summed E-state index contributed by atoms with van der Waals surface area (Å²) in [5.41, 5.74) is 0.166. The standard InChI is InChI=1S/C24H27F3O7S/c1-15-10-20(8-9-21(15)32-13-23-33-16(2)34-23)35-14-19(31-12-22(28)29-3)11-30-18-6-4-17(5-7-18)24(25,26)27/h4-10,16,19,23H,11-14H2,1-3H3. The highest BCUT2D eigenvalue weighted by Crippen LogP contribution is 2.31. The largest absolute Gasteiger partial charge is 0.491 e. The summed E-state index contributed by atoms with van der Waals surface area (Å²) in [6.45, 7) is 3.79. The van der Waals surface area contributed by atoms with Gasteiger partial charge in [-0.1, -0.05) is 0 Å². The van der Waals surface area contributed by atoms with Crippen LogP contribution in [0.1, 0.15) is 18.1 Å². The Kier molecular flexibility index (Phi) is 9.67. The molecule has 192 valence electrons. The summed E-state index contributed by atoms with van der Waals surface area (Å²) in [7, 11) is 1.25. The smallest absolute Gasteiger partial charge is 0.416 e. The van der Waals surface area contributed by atoms with Crippen molar-refractivity contribution in [3.05, 3.63) is 53.6 Å². The van der Waals surface area contributed by atoms with Crippen molar-refractivity contribution >= 4 is 17.7 Å². The Hall–Kier alpha value is -2.47. The number of hydrogen-bond donors (Lipinski definition) is 0. The van der Waals surface area contributed by atoms with Crippen LogP contribution in [-0.2, 0) is 29.9 Å². The van der Waals surface area contributed by atoms with Crippen molar-refractivity contribution in [1.82, 2.24) is 0 Å². The quantitative estimate of drug-likeness (QED) is 0.293. The molecule has 1 unspecified atom stereocenters. The summed E-state index contributed by atoms with van der Waals surface area (Å²) in [4.78, 5) is 12.4. The molecule has 0 spiro atoms.